The maximum Gasteiger partial charge on any atom is 0.323 e. The first kappa shape index (κ1) is 14.6. The normalized spacial score (nSPS) is 28.0. The Bertz CT molecular complexity index is 349. The van der Waals surface area contributed by atoms with E-state index in [1.807, 2.05) is 0 Å². The smallest absolute Gasteiger partial charge is 0.323 e. The summed E-state index contributed by atoms with van der Waals surface area (Å²) in [6.07, 6.45) is -2.09. The molecule has 1 saturated heterocycles. The van der Waals surface area contributed by atoms with E-state index in [-0.39, 0.29) is 12.7 Å². The van der Waals surface area contributed by atoms with Crippen molar-refractivity contribution in [3.63, 3.8) is 0 Å². The van der Waals surface area contributed by atoms with Crippen LogP contribution in [0.15, 0.2) is 12.0 Å². The maximum atomic E-state index is 12.9. The number of hydrogen-bond donors (Lipinski definition) is 3. The Morgan fingerprint density at radius 1 is 1.67 bits per heavy atom. The zero-order valence-electron chi connectivity index (χ0n) is 9.75. The van der Waals surface area contributed by atoms with Crippen molar-refractivity contribution in [3.05, 3.63) is 12.0 Å². The fourth-order valence-corrected chi connectivity index (χ4v) is 1.62. The Kier molecular flexibility index (Phi) is 5.20. The van der Waals surface area contributed by atoms with Crippen LogP contribution in [-0.2, 0) is 9.53 Å². The summed E-state index contributed by atoms with van der Waals surface area (Å²) in [5.41, 5.74) is 0. The first-order valence-electron chi connectivity index (χ1n) is 5.30. The third-order valence-corrected chi connectivity index (χ3v) is 2.52. The Labute approximate surface area is 103 Å². The molecule has 0 aromatic rings. The van der Waals surface area contributed by atoms with Gasteiger partial charge in [-0.05, 0) is 0 Å². The van der Waals surface area contributed by atoms with Crippen molar-refractivity contribution >= 4 is 12.3 Å². The van der Waals surface area contributed by atoms with Crippen molar-refractivity contribution < 1.29 is 28.9 Å². The van der Waals surface area contributed by atoms with Gasteiger partial charge in [0.25, 0.3) is 0 Å². The Morgan fingerprint density at radius 2 is 2.33 bits per heavy atom. The van der Waals surface area contributed by atoms with Crippen LogP contribution in [-0.4, -0.2) is 59.5 Å². The Balaban J connectivity index is 2.85. The number of carbonyl (C=O) groups excluding carboxylic acids is 2. The van der Waals surface area contributed by atoms with Crippen molar-refractivity contribution in [3.8, 4) is 0 Å². The van der Waals surface area contributed by atoms with Gasteiger partial charge in [-0.1, -0.05) is 0 Å². The van der Waals surface area contributed by atoms with Crippen LogP contribution < -0.4 is 5.32 Å². The minimum atomic E-state index is -1.15. The van der Waals surface area contributed by atoms with Crippen LogP contribution in [0, 0.1) is 0 Å². The molecule has 102 valence electrons. The Morgan fingerprint density at radius 3 is 2.78 bits per heavy atom. The van der Waals surface area contributed by atoms with Crippen molar-refractivity contribution in [2.45, 2.75) is 24.9 Å². The second-order valence-corrected chi connectivity index (χ2v) is 3.71. The van der Waals surface area contributed by atoms with Crippen molar-refractivity contribution in [1.82, 2.24) is 10.2 Å². The molecule has 2 amide bonds. The monoisotopic (exact) mass is 262 g/mol. The quantitative estimate of drug-likeness (QED) is 0.451. The fourth-order valence-electron chi connectivity index (χ4n) is 1.62. The predicted octanol–water partition coefficient (Wildman–Crippen LogP) is -0.894. The summed E-state index contributed by atoms with van der Waals surface area (Å²) in [7, 11) is 1.33. The molecule has 0 radical (unpaired) electrons. The molecule has 0 bridgehead atoms. The second-order valence-electron chi connectivity index (χ2n) is 3.71. The van der Waals surface area contributed by atoms with Crippen LogP contribution in [0.25, 0.3) is 0 Å². The molecular formula is C10H15FN2O5. The highest BCUT2D eigenvalue weighted by Gasteiger charge is 2.38. The van der Waals surface area contributed by atoms with Gasteiger partial charge in [0.2, 0.25) is 0 Å². The highest BCUT2D eigenvalue weighted by molar-refractivity contribution is 5.77. The zero-order valence-corrected chi connectivity index (χ0v) is 9.75. The summed E-state index contributed by atoms with van der Waals surface area (Å²) >= 11 is 0. The number of urea groups is 1. The van der Waals surface area contributed by atoms with E-state index in [4.69, 9.17) is 9.84 Å². The molecule has 0 spiro atoms. The molecule has 18 heavy (non-hydrogen) atoms. The van der Waals surface area contributed by atoms with Gasteiger partial charge in [0.1, 0.15) is 12.3 Å². The van der Waals surface area contributed by atoms with Crippen molar-refractivity contribution in [2.24, 2.45) is 0 Å². The minimum Gasteiger partial charge on any atom is -0.394 e. The van der Waals surface area contributed by atoms with Crippen molar-refractivity contribution in [1.29, 1.82) is 0 Å². The van der Waals surface area contributed by atoms with Crippen molar-refractivity contribution in [2.75, 3.05) is 13.7 Å². The Hall–Kier alpha value is -1.51. The lowest BCUT2D eigenvalue weighted by atomic mass is 10.2. The predicted molar refractivity (Wildman–Crippen MR) is 57.9 cm³/mol. The van der Waals surface area contributed by atoms with Crippen LogP contribution in [0.5, 0.6) is 0 Å². The zero-order chi connectivity index (χ0) is 13.7. The molecule has 1 fully saturated rings. The lowest BCUT2D eigenvalue weighted by Crippen LogP contribution is -2.42. The molecule has 1 aliphatic rings. The van der Waals surface area contributed by atoms with Crippen LogP contribution in [0.4, 0.5) is 9.18 Å². The number of carbonyl (C=O) groups is 2. The first-order chi connectivity index (χ1) is 8.53. The first-order valence-corrected chi connectivity index (χ1v) is 5.30. The standard InChI is InChI=1S/C10H15FN2O5/c1-12-10(17)13(3-6(11)4-14)9-2-7(16)8(5-15)18-9/h3-4,7-9,15-16H,2,5H2,1H3,(H,12,17)/b6-3+. The number of ether oxygens (including phenoxy) is 1. The minimum absolute atomic E-state index is 0.0152. The van der Waals surface area contributed by atoms with Crippen LogP contribution in [0.3, 0.4) is 0 Å². The lowest BCUT2D eigenvalue weighted by molar-refractivity contribution is -0.106. The molecule has 3 unspecified atom stereocenters. The molecule has 0 saturated carbocycles. The van der Waals surface area contributed by atoms with E-state index in [2.05, 4.69) is 5.32 Å². The number of aliphatic hydroxyl groups is 2. The number of aliphatic hydroxyl groups excluding tert-OH is 2. The third-order valence-electron chi connectivity index (χ3n) is 2.52. The third kappa shape index (κ3) is 3.25. The highest BCUT2D eigenvalue weighted by Crippen LogP contribution is 2.24. The van der Waals surface area contributed by atoms with E-state index < -0.39 is 36.9 Å². The summed E-state index contributed by atoms with van der Waals surface area (Å²) < 4.78 is 18.1. The van der Waals surface area contributed by atoms with Gasteiger partial charge < -0.3 is 20.3 Å². The van der Waals surface area contributed by atoms with Gasteiger partial charge in [-0.2, -0.15) is 0 Å². The molecule has 1 heterocycles. The molecule has 0 aromatic carbocycles. The van der Waals surface area contributed by atoms with E-state index in [9.17, 15) is 19.1 Å². The molecule has 1 rings (SSSR count). The van der Waals surface area contributed by atoms with Gasteiger partial charge in [0.15, 0.2) is 12.1 Å². The van der Waals surface area contributed by atoms with Gasteiger partial charge in [-0.15, -0.1) is 0 Å². The number of allylic oxidation sites excluding steroid dienone is 1. The summed E-state index contributed by atoms with van der Waals surface area (Å²) in [4.78, 5) is 22.6. The number of amides is 2. The van der Waals surface area contributed by atoms with Gasteiger partial charge in [-0.25, -0.2) is 9.18 Å². The van der Waals surface area contributed by atoms with E-state index in [1.54, 1.807) is 0 Å². The van der Waals surface area contributed by atoms with Gasteiger partial charge >= 0.3 is 6.03 Å². The number of rotatable bonds is 4. The van der Waals surface area contributed by atoms with Crippen LogP contribution in [0.1, 0.15) is 6.42 Å². The molecule has 0 aliphatic carbocycles. The van der Waals surface area contributed by atoms with E-state index in [0.717, 1.165) is 4.90 Å². The van der Waals surface area contributed by atoms with Gasteiger partial charge in [-0.3, -0.25) is 9.69 Å². The highest BCUT2D eigenvalue weighted by atomic mass is 19.1. The number of aldehydes is 1. The lowest BCUT2D eigenvalue weighted by Gasteiger charge is -2.24. The molecule has 3 atom stereocenters. The number of nitrogens with one attached hydrogen (secondary N) is 1. The second kappa shape index (κ2) is 6.43. The average Bonchev–Trinajstić information content (AvgIpc) is 2.75. The number of halogens is 1. The molecular weight excluding hydrogens is 247 g/mol. The average molecular weight is 262 g/mol. The van der Waals surface area contributed by atoms with E-state index in [0.29, 0.717) is 6.20 Å². The van der Waals surface area contributed by atoms with E-state index >= 15 is 0 Å². The van der Waals surface area contributed by atoms with Crippen LogP contribution >= 0.6 is 0 Å². The fraction of sp³-hybridized carbons (Fsp3) is 0.600. The number of hydrogen-bond acceptors (Lipinski definition) is 5. The summed E-state index contributed by atoms with van der Waals surface area (Å²) in [6.45, 7) is -0.418. The summed E-state index contributed by atoms with van der Waals surface area (Å²) in [5.74, 6) is -1.15. The van der Waals surface area contributed by atoms with Gasteiger partial charge in [0, 0.05) is 13.5 Å². The van der Waals surface area contributed by atoms with E-state index in [1.165, 1.54) is 7.05 Å². The topological polar surface area (TPSA) is 99.1 Å². The molecule has 3 N–H and O–H groups in total. The van der Waals surface area contributed by atoms with Gasteiger partial charge in [0.05, 0.1) is 18.9 Å². The number of nitrogens with zero attached hydrogens (tertiary/aromatic N) is 1. The van der Waals surface area contributed by atoms with Crippen LogP contribution in [0.2, 0.25) is 0 Å². The molecule has 1 aliphatic heterocycles. The largest absolute Gasteiger partial charge is 0.394 e. The SMILES string of the molecule is CNC(=O)N(/C=C(/F)C=O)C1CC(O)C(CO)O1. The summed E-state index contributed by atoms with van der Waals surface area (Å²) in [6, 6.07) is -0.692. The maximum absolute atomic E-state index is 12.9. The summed E-state index contributed by atoms with van der Waals surface area (Å²) in [5, 5.41) is 20.7. The molecule has 0 aromatic heterocycles. The molecule has 8 heteroatoms. The molecule has 7 nitrogen and oxygen atoms in total.